The molecule has 15 heavy (non-hydrogen) atoms. The number of carboxylic acid groups (broad SMARTS) is 1. The molecule has 0 aliphatic rings. The van der Waals surface area contributed by atoms with Gasteiger partial charge in [0, 0.05) is 18.5 Å². The number of rotatable bonds is 1. The molecule has 2 rings (SSSR count). The van der Waals surface area contributed by atoms with Gasteiger partial charge in [-0.15, -0.1) is 0 Å². The van der Waals surface area contributed by atoms with Crippen LogP contribution in [-0.2, 0) is 7.05 Å². The van der Waals surface area contributed by atoms with Crippen molar-refractivity contribution in [3.05, 3.63) is 28.9 Å². The molecule has 2 aromatic rings. The van der Waals surface area contributed by atoms with Crippen molar-refractivity contribution >= 4 is 28.5 Å². The van der Waals surface area contributed by atoms with Crippen molar-refractivity contribution in [2.45, 2.75) is 0 Å². The van der Waals surface area contributed by atoms with E-state index in [-0.39, 0.29) is 11.4 Å². The Morgan fingerprint density at radius 1 is 1.40 bits per heavy atom. The zero-order chi connectivity index (χ0) is 11.2. The van der Waals surface area contributed by atoms with Gasteiger partial charge in [-0.1, -0.05) is 11.6 Å². The molecular formula is C10H8ClNO3. The van der Waals surface area contributed by atoms with Crippen molar-refractivity contribution < 1.29 is 15.0 Å². The summed E-state index contributed by atoms with van der Waals surface area (Å²) in [6.45, 7) is 0. The van der Waals surface area contributed by atoms with Crippen LogP contribution in [0.3, 0.4) is 0 Å². The number of carbonyl (C=O) groups is 1. The van der Waals surface area contributed by atoms with Gasteiger partial charge in [-0.3, -0.25) is 0 Å². The van der Waals surface area contributed by atoms with Crippen molar-refractivity contribution in [2.24, 2.45) is 7.05 Å². The van der Waals surface area contributed by atoms with Crippen molar-refractivity contribution in [2.75, 3.05) is 0 Å². The maximum Gasteiger partial charge on any atom is 0.352 e. The summed E-state index contributed by atoms with van der Waals surface area (Å²) in [6.07, 6.45) is 0. The monoisotopic (exact) mass is 225 g/mol. The lowest BCUT2D eigenvalue weighted by Crippen LogP contribution is -2.03. The number of halogens is 1. The lowest BCUT2D eigenvalue weighted by atomic mass is 10.2. The molecule has 0 radical (unpaired) electrons. The number of hydrogen-bond acceptors (Lipinski definition) is 2. The second-order valence-electron chi connectivity index (χ2n) is 3.25. The maximum atomic E-state index is 10.9. The normalized spacial score (nSPS) is 10.8. The molecule has 1 heterocycles. The molecule has 0 fully saturated rings. The molecule has 0 amide bonds. The Morgan fingerprint density at radius 2 is 2.07 bits per heavy atom. The summed E-state index contributed by atoms with van der Waals surface area (Å²) in [5, 5.41) is 19.2. The highest BCUT2D eigenvalue weighted by molar-refractivity contribution is 6.35. The highest BCUT2D eigenvalue weighted by Crippen LogP contribution is 2.30. The number of aryl methyl sites for hydroxylation is 1. The quantitative estimate of drug-likeness (QED) is 0.782. The SMILES string of the molecule is Cn1c(C(=O)O)cc2c(Cl)cc(O)cc21. The highest BCUT2D eigenvalue weighted by Gasteiger charge is 2.14. The van der Waals surface area contributed by atoms with E-state index >= 15 is 0 Å². The first-order chi connectivity index (χ1) is 7.00. The van der Waals surface area contributed by atoms with Crippen LogP contribution in [0.5, 0.6) is 5.75 Å². The molecule has 0 spiro atoms. The Hall–Kier alpha value is -1.68. The number of fused-ring (bicyclic) bond motifs is 1. The number of benzene rings is 1. The summed E-state index contributed by atoms with van der Waals surface area (Å²) in [5.74, 6) is -1.00. The van der Waals surface area contributed by atoms with E-state index in [2.05, 4.69) is 0 Å². The van der Waals surface area contributed by atoms with Gasteiger partial charge in [0.15, 0.2) is 0 Å². The number of phenolic OH excluding ortho intramolecular Hbond substituents is 1. The number of carboxylic acids is 1. The van der Waals surface area contributed by atoms with E-state index in [0.717, 1.165) is 0 Å². The largest absolute Gasteiger partial charge is 0.508 e. The number of aromatic hydroxyl groups is 1. The van der Waals surface area contributed by atoms with Crippen molar-refractivity contribution in [1.82, 2.24) is 4.57 Å². The fraction of sp³-hybridized carbons (Fsp3) is 0.100. The fourth-order valence-corrected chi connectivity index (χ4v) is 1.84. The molecule has 0 saturated carbocycles. The molecule has 0 aliphatic heterocycles. The van der Waals surface area contributed by atoms with E-state index in [1.54, 1.807) is 7.05 Å². The molecule has 0 aliphatic carbocycles. The molecule has 1 aromatic heterocycles. The molecule has 0 saturated heterocycles. The van der Waals surface area contributed by atoms with Crippen molar-refractivity contribution in [1.29, 1.82) is 0 Å². The van der Waals surface area contributed by atoms with E-state index in [9.17, 15) is 9.90 Å². The van der Waals surface area contributed by atoms with E-state index in [1.807, 2.05) is 0 Å². The zero-order valence-electron chi connectivity index (χ0n) is 7.86. The summed E-state index contributed by atoms with van der Waals surface area (Å²) in [6, 6.07) is 4.35. The van der Waals surface area contributed by atoms with Crippen LogP contribution >= 0.6 is 11.6 Å². The second kappa shape index (κ2) is 3.17. The topological polar surface area (TPSA) is 62.5 Å². The van der Waals surface area contributed by atoms with Gasteiger partial charge in [0.05, 0.1) is 10.5 Å². The van der Waals surface area contributed by atoms with Crippen molar-refractivity contribution in [3.8, 4) is 5.75 Å². The van der Waals surface area contributed by atoms with Gasteiger partial charge in [0.25, 0.3) is 0 Å². The first kappa shape index (κ1) is 9.86. The van der Waals surface area contributed by atoms with Gasteiger partial charge < -0.3 is 14.8 Å². The average molecular weight is 226 g/mol. The molecule has 0 atom stereocenters. The van der Waals surface area contributed by atoms with Crippen LogP contribution in [-0.4, -0.2) is 20.7 Å². The Kier molecular flexibility index (Phi) is 2.08. The first-order valence-corrected chi connectivity index (χ1v) is 4.59. The summed E-state index contributed by atoms with van der Waals surface area (Å²) in [5.41, 5.74) is 0.731. The summed E-state index contributed by atoms with van der Waals surface area (Å²) >= 11 is 5.89. The Bertz CT molecular complexity index is 559. The minimum Gasteiger partial charge on any atom is -0.508 e. The zero-order valence-corrected chi connectivity index (χ0v) is 8.62. The predicted octanol–water partition coefficient (Wildman–Crippen LogP) is 2.24. The minimum atomic E-state index is -1.02. The Balaban J connectivity index is 2.88. The van der Waals surface area contributed by atoms with Crippen LogP contribution in [0.1, 0.15) is 10.5 Å². The molecule has 1 aromatic carbocycles. The number of hydrogen-bond donors (Lipinski definition) is 2. The number of aromatic nitrogens is 1. The summed E-state index contributed by atoms with van der Waals surface area (Å²) in [4.78, 5) is 10.9. The third-order valence-electron chi connectivity index (χ3n) is 2.32. The maximum absolute atomic E-state index is 10.9. The van der Waals surface area contributed by atoms with Crippen LogP contribution < -0.4 is 0 Å². The highest BCUT2D eigenvalue weighted by atomic mass is 35.5. The molecule has 5 heteroatoms. The summed E-state index contributed by atoms with van der Waals surface area (Å²) < 4.78 is 1.48. The van der Waals surface area contributed by atoms with Gasteiger partial charge >= 0.3 is 5.97 Å². The molecule has 4 nitrogen and oxygen atoms in total. The second-order valence-corrected chi connectivity index (χ2v) is 3.66. The van der Waals surface area contributed by atoms with Gasteiger partial charge in [-0.2, -0.15) is 0 Å². The lowest BCUT2D eigenvalue weighted by Gasteiger charge is -2.00. The average Bonchev–Trinajstić information content (AvgIpc) is 2.44. The third-order valence-corrected chi connectivity index (χ3v) is 2.63. The fourth-order valence-electron chi connectivity index (χ4n) is 1.58. The number of nitrogens with zero attached hydrogens (tertiary/aromatic N) is 1. The van der Waals surface area contributed by atoms with Gasteiger partial charge in [0.2, 0.25) is 0 Å². The van der Waals surface area contributed by atoms with Crippen molar-refractivity contribution in [3.63, 3.8) is 0 Å². The first-order valence-electron chi connectivity index (χ1n) is 4.22. The minimum absolute atomic E-state index is 0.0191. The van der Waals surface area contributed by atoms with Crippen LogP contribution in [0.15, 0.2) is 18.2 Å². The van der Waals surface area contributed by atoms with Crippen LogP contribution in [0.4, 0.5) is 0 Å². The Labute approximate surface area is 90.3 Å². The summed E-state index contributed by atoms with van der Waals surface area (Å²) in [7, 11) is 1.61. The van der Waals surface area contributed by atoms with Gasteiger partial charge in [-0.25, -0.2) is 4.79 Å². The van der Waals surface area contributed by atoms with Crippen LogP contribution in [0.25, 0.3) is 10.9 Å². The lowest BCUT2D eigenvalue weighted by molar-refractivity contribution is 0.0687. The molecule has 78 valence electrons. The standard InChI is InChI=1S/C10H8ClNO3/c1-12-8-3-5(13)2-7(11)6(8)4-9(12)10(14)15/h2-4,13H,1H3,(H,14,15). The van der Waals surface area contributed by atoms with Crippen LogP contribution in [0.2, 0.25) is 5.02 Å². The van der Waals surface area contributed by atoms with E-state index in [1.165, 1.54) is 22.8 Å². The number of aromatic carboxylic acids is 1. The predicted molar refractivity (Wildman–Crippen MR) is 56.6 cm³/mol. The van der Waals surface area contributed by atoms with Gasteiger partial charge in [0.1, 0.15) is 11.4 Å². The Morgan fingerprint density at radius 3 is 2.67 bits per heavy atom. The van der Waals surface area contributed by atoms with Crippen LogP contribution in [0, 0.1) is 0 Å². The number of phenols is 1. The molecule has 0 unspecified atom stereocenters. The molecular weight excluding hydrogens is 218 g/mol. The van der Waals surface area contributed by atoms with E-state index in [0.29, 0.717) is 15.9 Å². The van der Waals surface area contributed by atoms with E-state index in [4.69, 9.17) is 16.7 Å². The molecule has 0 bridgehead atoms. The molecule has 2 N–H and O–H groups in total. The van der Waals surface area contributed by atoms with Gasteiger partial charge in [-0.05, 0) is 12.1 Å². The van der Waals surface area contributed by atoms with E-state index < -0.39 is 5.97 Å². The smallest absolute Gasteiger partial charge is 0.352 e. The third kappa shape index (κ3) is 1.43.